The van der Waals surface area contributed by atoms with Gasteiger partial charge in [0.05, 0.1) is 5.60 Å². The zero-order valence-corrected chi connectivity index (χ0v) is 11.5. The van der Waals surface area contributed by atoms with Crippen LogP contribution in [-0.2, 0) is 10.0 Å². The minimum absolute atomic E-state index is 0.0632. The number of nitrogens with one attached hydrogen (secondary N) is 1. The molecular weight excluding hydrogens is 286 g/mol. The number of hydrogen-bond acceptors (Lipinski definition) is 6. The number of aliphatic hydroxyl groups is 1. The molecule has 1 saturated carbocycles. The van der Waals surface area contributed by atoms with E-state index in [2.05, 4.69) is 9.71 Å². The summed E-state index contributed by atoms with van der Waals surface area (Å²) in [5.41, 5.74) is -0.999. The van der Waals surface area contributed by atoms with Gasteiger partial charge in [0.2, 0.25) is 10.0 Å². The Labute approximate surface area is 116 Å². The van der Waals surface area contributed by atoms with Gasteiger partial charge in [0.1, 0.15) is 4.90 Å². The van der Waals surface area contributed by atoms with Crippen LogP contribution in [0.15, 0.2) is 23.2 Å². The fraction of sp³-hybridized carbons (Fsp3) is 0.545. The second-order valence-corrected chi connectivity index (χ2v) is 6.63. The van der Waals surface area contributed by atoms with Crippen LogP contribution < -0.4 is 4.72 Å². The van der Waals surface area contributed by atoms with E-state index in [0.29, 0.717) is 12.8 Å². The molecule has 0 unspecified atom stereocenters. The first-order valence-electron chi connectivity index (χ1n) is 6.15. The van der Waals surface area contributed by atoms with Gasteiger partial charge in [0.15, 0.2) is 6.20 Å². The molecule has 20 heavy (non-hydrogen) atoms. The van der Waals surface area contributed by atoms with Crippen LogP contribution in [0.1, 0.15) is 25.7 Å². The number of pyridine rings is 1. The number of hydrogen-bond donors (Lipinski definition) is 2. The number of rotatable bonds is 5. The highest BCUT2D eigenvalue weighted by Gasteiger charge is 2.32. The molecule has 1 aliphatic rings. The van der Waals surface area contributed by atoms with Crippen molar-refractivity contribution < 1.29 is 18.4 Å². The first kappa shape index (κ1) is 14.8. The Morgan fingerprint density at radius 2 is 2.05 bits per heavy atom. The van der Waals surface area contributed by atoms with Crippen LogP contribution in [0.4, 0.5) is 5.82 Å². The Morgan fingerprint density at radius 1 is 1.40 bits per heavy atom. The van der Waals surface area contributed by atoms with E-state index >= 15 is 0 Å². The summed E-state index contributed by atoms with van der Waals surface area (Å²) in [6.07, 6.45) is 3.80. The zero-order chi connectivity index (χ0) is 14.8. The van der Waals surface area contributed by atoms with E-state index in [1.807, 2.05) is 0 Å². The van der Waals surface area contributed by atoms with Crippen LogP contribution in [0.25, 0.3) is 0 Å². The van der Waals surface area contributed by atoms with E-state index in [4.69, 9.17) is 0 Å². The first-order valence-corrected chi connectivity index (χ1v) is 7.63. The van der Waals surface area contributed by atoms with Crippen molar-refractivity contribution in [2.45, 2.75) is 36.2 Å². The molecule has 8 nitrogen and oxygen atoms in total. The summed E-state index contributed by atoms with van der Waals surface area (Å²) >= 11 is 0. The maximum atomic E-state index is 12.0. The number of nitro groups is 1. The molecule has 0 radical (unpaired) electrons. The van der Waals surface area contributed by atoms with Crippen molar-refractivity contribution in [2.75, 3.05) is 6.54 Å². The predicted molar refractivity (Wildman–Crippen MR) is 69.5 cm³/mol. The highest BCUT2D eigenvalue weighted by atomic mass is 32.2. The molecule has 2 N–H and O–H groups in total. The van der Waals surface area contributed by atoms with Crippen LogP contribution in [-0.4, -0.2) is 35.6 Å². The van der Waals surface area contributed by atoms with Gasteiger partial charge in [0.25, 0.3) is 0 Å². The van der Waals surface area contributed by atoms with E-state index in [9.17, 15) is 23.6 Å². The van der Waals surface area contributed by atoms with Gasteiger partial charge in [-0.1, -0.05) is 12.8 Å². The van der Waals surface area contributed by atoms with Gasteiger partial charge >= 0.3 is 5.82 Å². The number of aromatic nitrogens is 1. The number of nitrogens with zero attached hydrogens (tertiary/aromatic N) is 2. The molecule has 110 valence electrons. The molecule has 1 fully saturated rings. The first-order chi connectivity index (χ1) is 9.32. The lowest BCUT2D eigenvalue weighted by Crippen LogP contribution is -2.40. The maximum absolute atomic E-state index is 12.0. The standard InChI is InChI=1S/C11H15N3O5S/c15-11(5-1-2-6-11)8-13-20(18,19)9-3-4-10(12-7-9)14(16)17/h3-4,7,13,15H,1-2,5-6,8H2. The average Bonchev–Trinajstić information content (AvgIpc) is 2.84. The Balaban J connectivity index is 2.08. The maximum Gasteiger partial charge on any atom is 0.363 e. The van der Waals surface area contributed by atoms with Gasteiger partial charge in [-0.15, -0.1) is 0 Å². The van der Waals surface area contributed by atoms with Gasteiger partial charge in [-0.05, 0) is 28.8 Å². The highest BCUT2D eigenvalue weighted by molar-refractivity contribution is 7.89. The molecule has 0 saturated heterocycles. The molecule has 1 aromatic rings. The third-order valence-corrected chi connectivity index (χ3v) is 4.73. The van der Waals surface area contributed by atoms with Crippen molar-refractivity contribution in [2.24, 2.45) is 0 Å². The predicted octanol–water partition coefficient (Wildman–Crippen LogP) is 0.573. The van der Waals surface area contributed by atoms with Crippen LogP contribution in [0, 0.1) is 10.1 Å². The topological polar surface area (TPSA) is 122 Å². The van der Waals surface area contributed by atoms with Gasteiger partial charge < -0.3 is 15.2 Å². The highest BCUT2D eigenvalue weighted by Crippen LogP contribution is 2.29. The Kier molecular flexibility index (Phi) is 4.02. The van der Waals surface area contributed by atoms with Gasteiger partial charge in [-0.25, -0.2) is 13.1 Å². The van der Waals surface area contributed by atoms with Crippen molar-refractivity contribution in [1.29, 1.82) is 0 Å². The van der Waals surface area contributed by atoms with Gasteiger partial charge in [-0.2, -0.15) is 0 Å². The summed E-state index contributed by atoms with van der Waals surface area (Å²) in [6.45, 7) is -0.0632. The van der Waals surface area contributed by atoms with Crippen molar-refractivity contribution in [3.05, 3.63) is 28.4 Å². The average molecular weight is 301 g/mol. The molecule has 9 heteroatoms. The molecule has 0 aliphatic heterocycles. The molecular formula is C11H15N3O5S. The molecule has 0 amide bonds. The molecule has 2 rings (SSSR count). The summed E-state index contributed by atoms with van der Waals surface area (Å²) in [4.78, 5) is 13.0. The molecule has 0 spiro atoms. The summed E-state index contributed by atoms with van der Waals surface area (Å²) < 4.78 is 26.3. The van der Waals surface area contributed by atoms with E-state index in [1.54, 1.807) is 0 Å². The second kappa shape index (κ2) is 5.43. The zero-order valence-electron chi connectivity index (χ0n) is 10.7. The van der Waals surface area contributed by atoms with Crippen LogP contribution >= 0.6 is 0 Å². The normalized spacial score (nSPS) is 18.1. The lowest BCUT2D eigenvalue weighted by Gasteiger charge is -2.22. The van der Waals surface area contributed by atoms with Crippen LogP contribution in [0.5, 0.6) is 0 Å². The van der Waals surface area contributed by atoms with Gasteiger partial charge in [0, 0.05) is 12.6 Å². The van der Waals surface area contributed by atoms with Crippen LogP contribution in [0.3, 0.4) is 0 Å². The molecule has 1 aromatic heterocycles. The Hall–Kier alpha value is -1.58. The molecule has 1 heterocycles. The lowest BCUT2D eigenvalue weighted by atomic mass is 10.0. The third-order valence-electron chi connectivity index (χ3n) is 3.34. The number of sulfonamides is 1. The Morgan fingerprint density at radius 3 is 2.55 bits per heavy atom. The third kappa shape index (κ3) is 3.30. The monoisotopic (exact) mass is 301 g/mol. The molecule has 0 bridgehead atoms. The van der Waals surface area contributed by atoms with Crippen molar-refractivity contribution in [3.63, 3.8) is 0 Å². The van der Waals surface area contributed by atoms with Crippen molar-refractivity contribution in [1.82, 2.24) is 9.71 Å². The lowest BCUT2D eigenvalue weighted by molar-refractivity contribution is -0.389. The smallest absolute Gasteiger partial charge is 0.363 e. The van der Waals surface area contributed by atoms with E-state index in [1.165, 1.54) is 0 Å². The summed E-state index contributed by atoms with van der Waals surface area (Å²) in [5.74, 6) is -0.418. The fourth-order valence-electron chi connectivity index (χ4n) is 2.16. The molecule has 1 aliphatic carbocycles. The minimum Gasteiger partial charge on any atom is -0.389 e. The largest absolute Gasteiger partial charge is 0.389 e. The fourth-order valence-corrected chi connectivity index (χ4v) is 3.23. The van der Waals surface area contributed by atoms with E-state index in [0.717, 1.165) is 31.2 Å². The van der Waals surface area contributed by atoms with Crippen molar-refractivity contribution in [3.8, 4) is 0 Å². The van der Waals surface area contributed by atoms with Crippen LogP contribution in [0.2, 0.25) is 0 Å². The van der Waals surface area contributed by atoms with Crippen molar-refractivity contribution >= 4 is 15.8 Å². The van der Waals surface area contributed by atoms with Gasteiger partial charge in [-0.3, -0.25) is 0 Å². The summed E-state index contributed by atoms with van der Waals surface area (Å²) in [6, 6.07) is 2.14. The quantitative estimate of drug-likeness (QED) is 0.605. The van der Waals surface area contributed by atoms with E-state index in [-0.39, 0.29) is 11.4 Å². The second-order valence-electron chi connectivity index (χ2n) is 4.87. The molecule has 0 atom stereocenters. The summed E-state index contributed by atoms with van der Waals surface area (Å²) in [5, 5.41) is 20.5. The SMILES string of the molecule is O=[N+]([O-])c1ccc(S(=O)(=O)NCC2(O)CCCC2)cn1. The molecule has 0 aromatic carbocycles. The minimum atomic E-state index is -3.82. The Bertz CT molecular complexity index is 593. The summed E-state index contributed by atoms with van der Waals surface area (Å²) in [7, 11) is -3.82. The van der Waals surface area contributed by atoms with E-state index < -0.39 is 26.4 Å².